The maximum atomic E-state index is 12.0. The second-order valence-corrected chi connectivity index (χ2v) is 6.31. The number of alkyl halides is 1. The van der Waals surface area contributed by atoms with Crippen molar-refractivity contribution in [1.82, 2.24) is 5.32 Å². The number of rotatable bonds is 6. The minimum Gasteiger partial charge on any atom is -0.350 e. The molecule has 1 aromatic carbocycles. The van der Waals surface area contributed by atoms with Gasteiger partial charge < -0.3 is 5.32 Å². The van der Waals surface area contributed by atoms with Gasteiger partial charge in [0.25, 0.3) is 5.91 Å². The highest BCUT2D eigenvalue weighted by molar-refractivity contribution is 9.10. The molecule has 0 aliphatic rings. The average Bonchev–Trinajstić information content (AvgIpc) is 2.40. The van der Waals surface area contributed by atoms with Crippen molar-refractivity contribution in [3.8, 4) is 0 Å². The van der Waals surface area contributed by atoms with Crippen LogP contribution in [0.1, 0.15) is 37.0 Å². The Kier molecular flexibility index (Phi) is 7.19. The van der Waals surface area contributed by atoms with E-state index in [0.29, 0.717) is 23.0 Å². The van der Waals surface area contributed by atoms with Crippen LogP contribution in [0.3, 0.4) is 0 Å². The van der Waals surface area contributed by atoms with Crippen LogP contribution < -0.4 is 5.32 Å². The molecule has 0 bridgehead atoms. The number of halogens is 3. The number of amides is 1. The van der Waals surface area contributed by atoms with Gasteiger partial charge in [-0.1, -0.05) is 54.2 Å². The van der Waals surface area contributed by atoms with Crippen LogP contribution in [0.4, 0.5) is 0 Å². The molecule has 1 atom stereocenters. The lowest BCUT2D eigenvalue weighted by Crippen LogP contribution is -2.33. The molecule has 1 aromatic rings. The summed E-state index contributed by atoms with van der Waals surface area (Å²) in [6.45, 7) is 4.67. The molecule has 0 spiro atoms. The zero-order valence-corrected chi connectivity index (χ0v) is 14.1. The Morgan fingerprint density at radius 2 is 2.00 bits per heavy atom. The molecule has 1 unspecified atom stereocenters. The van der Waals surface area contributed by atoms with Crippen molar-refractivity contribution in [3.63, 3.8) is 0 Å². The Morgan fingerprint density at radius 1 is 1.37 bits per heavy atom. The zero-order valence-electron chi connectivity index (χ0n) is 11.1. The van der Waals surface area contributed by atoms with E-state index in [-0.39, 0.29) is 11.3 Å². The van der Waals surface area contributed by atoms with Gasteiger partial charge in [0, 0.05) is 11.0 Å². The molecule has 19 heavy (non-hydrogen) atoms. The summed E-state index contributed by atoms with van der Waals surface area (Å²) in [5.74, 6) is 0.225. The number of benzene rings is 1. The number of hydrogen-bond donors (Lipinski definition) is 1. The van der Waals surface area contributed by atoms with Crippen LogP contribution in [0, 0.1) is 5.92 Å². The fraction of sp³-hybridized carbons (Fsp3) is 0.500. The summed E-state index contributed by atoms with van der Waals surface area (Å²) in [6.07, 6.45) is 2.02. The number of hydrogen-bond acceptors (Lipinski definition) is 1. The van der Waals surface area contributed by atoms with Crippen molar-refractivity contribution in [2.75, 3.05) is 6.54 Å². The van der Waals surface area contributed by atoms with E-state index in [4.69, 9.17) is 23.2 Å². The van der Waals surface area contributed by atoms with Gasteiger partial charge in [-0.25, -0.2) is 0 Å². The van der Waals surface area contributed by atoms with E-state index in [1.54, 1.807) is 18.2 Å². The predicted molar refractivity (Wildman–Crippen MR) is 85.2 cm³/mol. The molecular weight excluding hydrogens is 349 g/mol. The predicted octanol–water partition coefficient (Wildman–Crippen LogP) is 4.88. The van der Waals surface area contributed by atoms with Crippen molar-refractivity contribution in [2.24, 2.45) is 5.92 Å². The van der Waals surface area contributed by atoms with Gasteiger partial charge in [-0.05, 0) is 24.1 Å². The Morgan fingerprint density at radius 3 is 2.58 bits per heavy atom. The molecule has 1 rings (SSSR count). The summed E-state index contributed by atoms with van der Waals surface area (Å²) in [4.78, 5) is 12.0. The molecule has 106 valence electrons. The van der Waals surface area contributed by atoms with E-state index in [1.165, 1.54) is 0 Å². The molecular formula is C14H18BrCl2NO. The second-order valence-electron chi connectivity index (χ2n) is 4.43. The van der Waals surface area contributed by atoms with Gasteiger partial charge in [-0.3, -0.25) is 4.79 Å². The lowest BCUT2D eigenvalue weighted by molar-refractivity contribution is 0.0951. The van der Waals surface area contributed by atoms with E-state index in [1.807, 2.05) is 0 Å². The van der Waals surface area contributed by atoms with Gasteiger partial charge in [0.2, 0.25) is 0 Å². The van der Waals surface area contributed by atoms with Crippen LogP contribution in [0.2, 0.25) is 5.02 Å². The molecule has 0 fully saturated rings. The van der Waals surface area contributed by atoms with Gasteiger partial charge >= 0.3 is 0 Å². The van der Waals surface area contributed by atoms with E-state index >= 15 is 0 Å². The molecule has 2 nitrogen and oxygen atoms in total. The molecule has 5 heteroatoms. The van der Waals surface area contributed by atoms with E-state index in [2.05, 4.69) is 35.1 Å². The van der Waals surface area contributed by atoms with E-state index in [9.17, 15) is 4.79 Å². The Balaban J connectivity index is 2.63. The third kappa shape index (κ3) is 4.97. The molecule has 0 saturated carbocycles. The van der Waals surface area contributed by atoms with Crippen LogP contribution >= 0.6 is 39.1 Å². The van der Waals surface area contributed by atoms with Crippen molar-refractivity contribution in [1.29, 1.82) is 0 Å². The molecule has 0 heterocycles. The van der Waals surface area contributed by atoms with E-state index in [0.717, 1.165) is 17.3 Å². The first-order valence-electron chi connectivity index (χ1n) is 6.36. The summed E-state index contributed by atoms with van der Waals surface area (Å²) in [7, 11) is 0. The van der Waals surface area contributed by atoms with Gasteiger partial charge in [-0.2, -0.15) is 0 Å². The fourth-order valence-corrected chi connectivity index (χ4v) is 2.92. The summed E-state index contributed by atoms with van der Waals surface area (Å²) in [5.41, 5.74) is 0.462. The molecule has 0 saturated heterocycles. The lowest BCUT2D eigenvalue weighted by Gasteiger charge is -2.19. The van der Waals surface area contributed by atoms with Gasteiger partial charge in [0.15, 0.2) is 0 Å². The highest BCUT2D eigenvalue weighted by Gasteiger charge is 2.18. The first kappa shape index (κ1) is 16.8. The normalized spacial score (nSPS) is 12.5. The second kappa shape index (κ2) is 8.13. The molecule has 0 aliphatic heterocycles. The Labute approximate surface area is 133 Å². The maximum Gasteiger partial charge on any atom is 0.252 e. The van der Waals surface area contributed by atoms with Gasteiger partial charge in [-0.15, -0.1) is 11.6 Å². The minimum absolute atomic E-state index is 0.0510. The van der Waals surface area contributed by atoms with Crippen LogP contribution in [0.25, 0.3) is 0 Å². The van der Waals surface area contributed by atoms with Gasteiger partial charge in [0.05, 0.1) is 16.0 Å². The number of carbonyl (C=O) groups is 1. The SMILES string of the molecule is CCC(CC)C(Cl)CNC(=O)c1cc(Br)ccc1Cl. The smallest absolute Gasteiger partial charge is 0.252 e. The van der Waals surface area contributed by atoms with E-state index < -0.39 is 0 Å². The van der Waals surface area contributed by atoms with Crippen molar-refractivity contribution >= 4 is 45.0 Å². The molecule has 0 radical (unpaired) electrons. The highest BCUT2D eigenvalue weighted by Crippen LogP contribution is 2.21. The fourth-order valence-electron chi connectivity index (χ4n) is 1.92. The van der Waals surface area contributed by atoms with Crippen LogP contribution in [0.15, 0.2) is 22.7 Å². The largest absolute Gasteiger partial charge is 0.350 e. The van der Waals surface area contributed by atoms with Gasteiger partial charge in [0.1, 0.15) is 0 Å². The highest BCUT2D eigenvalue weighted by atomic mass is 79.9. The minimum atomic E-state index is -0.192. The lowest BCUT2D eigenvalue weighted by atomic mass is 9.99. The standard InChI is InChI=1S/C14H18BrCl2NO/c1-3-9(4-2)13(17)8-18-14(19)11-7-10(15)5-6-12(11)16/h5-7,9,13H,3-4,8H2,1-2H3,(H,18,19). The van der Waals surface area contributed by atoms with Crippen molar-refractivity contribution in [2.45, 2.75) is 32.1 Å². The average molecular weight is 367 g/mol. The number of carbonyl (C=O) groups excluding carboxylic acids is 1. The zero-order chi connectivity index (χ0) is 14.4. The topological polar surface area (TPSA) is 29.1 Å². The number of nitrogens with one attached hydrogen (secondary N) is 1. The van der Waals surface area contributed by atoms with Crippen LogP contribution in [-0.4, -0.2) is 17.8 Å². The monoisotopic (exact) mass is 365 g/mol. The first-order chi connectivity index (χ1) is 8.99. The Hall–Kier alpha value is -0.250. The summed E-state index contributed by atoms with van der Waals surface area (Å²) < 4.78 is 0.824. The molecule has 0 aliphatic carbocycles. The Bertz CT molecular complexity index is 435. The summed E-state index contributed by atoms with van der Waals surface area (Å²) in [5, 5.41) is 3.23. The summed E-state index contributed by atoms with van der Waals surface area (Å²) in [6, 6.07) is 5.20. The van der Waals surface area contributed by atoms with Crippen molar-refractivity contribution in [3.05, 3.63) is 33.3 Å². The third-order valence-electron chi connectivity index (χ3n) is 3.19. The van der Waals surface area contributed by atoms with Crippen LogP contribution in [0.5, 0.6) is 0 Å². The third-order valence-corrected chi connectivity index (χ3v) is 4.52. The quantitative estimate of drug-likeness (QED) is 0.714. The molecule has 1 N–H and O–H groups in total. The first-order valence-corrected chi connectivity index (χ1v) is 7.97. The van der Waals surface area contributed by atoms with Crippen LogP contribution in [-0.2, 0) is 0 Å². The van der Waals surface area contributed by atoms with Crippen molar-refractivity contribution < 1.29 is 4.79 Å². The maximum absolute atomic E-state index is 12.0. The molecule has 0 aromatic heterocycles. The summed E-state index contributed by atoms with van der Waals surface area (Å²) >= 11 is 15.6. The molecule has 1 amide bonds.